The summed E-state index contributed by atoms with van der Waals surface area (Å²) in [5.41, 5.74) is -0.0222. The molecule has 1 N–H and O–H groups in total. The largest absolute Gasteiger partial charge is 0.478 e. The topological polar surface area (TPSA) is 87.6 Å². The summed E-state index contributed by atoms with van der Waals surface area (Å²) in [7, 11) is -2.09. The van der Waals surface area contributed by atoms with Gasteiger partial charge in [0.05, 0.1) is 5.56 Å². The summed E-state index contributed by atoms with van der Waals surface area (Å²) in [6.07, 6.45) is 7.18. The van der Waals surface area contributed by atoms with Crippen LogP contribution in [0, 0.1) is 0 Å². The molecule has 1 aliphatic carbocycles. The highest BCUT2D eigenvalue weighted by Gasteiger charge is 2.29. The van der Waals surface area contributed by atoms with Crippen LogP contribution in [0.2, 0.25) is 0 Å². The van der Waals surface area contributed by atoms with Crippen LogP contribution in [0.4, 0.5) is 0 Å². The van der Waals surface area contributed by atoms with Crippen molar-refractivity contribution >= 4 is 16.0 Å². The number of carboxylic acids is 1. The number of aromatic nitrogens is 1. The fourth-order valence-corrected chi connectivity index (χ4v) is 3.95. The molecule has 116 valence electrons. The highest BCUT2D eigenvalue weighted by atomic mass is 32.2. The number of aromatic carboxylic acids is 1. The molecule has 0 atom stereocenters. The van der Waals surface area contributed by atoms with E-state index in [-0.39, 0.29) is 16.6 Å². The van der Waals surface area contributed by atoms with Gasteiger partial charge in [0.25, 0.3) is 10.0 Å². The molecule has 6 nitrogen and oxygen atoms in total. The molecule has 0 aromatic carbocycles. The van der Waals surface area contributed by atoms with Crippen molar-refractivity contribution in [3.05, 3.63) is 23.9 Å². The normalized spacial score (nSPS) is 17.6. The zero-order valence-corrected chi connectivity index (χ0v) is 12.8. The first-order valence-electron chi connectivity index (χ1n) is 7.10. The Balaban J connectivity index is 2.21. The maximum atomic E-state index is 12.5. The second-order valence-corrected chi connectivity index (χ2v) is 7.30. The first-order valence-corrected chi connectivity index (χ1v) is 8.54. The average molecular weight is 312 g/mol. The zero-order chi connectivity index (χ0) is 15.5. The van der Waals surface area contributed by atoms with E-state index in [2.05, 4.69) is 4.98 Å². The second kappa shape index (κ2) is 6.53. The standard InChI is InChI=1S/C14H20N2O4S/c1-16(12-6-4-2-3-5-7-12)21(19,20)13-9-8-11(10-15-13)14(17)18/h8-10,12H,2-7H2,1H3,(H,17,18). The molecular formula is C14H20N2O4S. The molecule has 1 aromatic rings. The highest BCUT2D eigenvalue weighted by Crippen LogP contribution is 2.25. The Morgan fingerprint density at radius 1 is 1.24 bits per heavy atom. The number of carboxylic acid groups (broad SMARTS) is 1. The van der Waals surface area contributed by atoms with Crippen LogP contribution in [0.25, 0.3) is 0 Å². The maximum Gasteiger partial charge on any atom is 0.337 e. The van der Waals surface area contributed by atoms with E-state index < -0.39 is 16.0 Å². The van der Waals surface area contributed by atoms with Crippen LogP contribution in [0.1, 0.15) is 48.9 Å². The summed E-state index contributed by atoms with van der Waals surface area (Å²) in [6.45, 7) is 0. The van der Waals surface area contributed by atoms with E-state index in [1.165, 1.54) is 16.4 Å². The monoisotopic (exact) mass is 312 g/mol. The van der Waals surface area contributed by atoms with Crippen molar-refractivity contribution in [3.8, 4) is 0 Å². The van der Waals surface area contributed by atoms with Gasteiger partial charge in [-0.25, -0.2) is 18.2 Å². The van der Waals surface area contributed by atoms with E-state index in [9.17, 15) is 13.2 Å². The minimum Gasteiger partial charge on any atom is -0.478 e. The van der Waals surface area contributed by atoms with E-state index in [4.69, 9.17) is 5.11 Å². The highest BCUT2D eigenvalue weighted by molar-refractivity contribution is 7.89. The van der Waals surface area contributed by atoms with Gasteiger partial charge in [-0.05, 0) is 25.0 Å². The molecule has 1 aromatic heterocycles. The van der Waals surface area contributed by atoms with Gasteiger partial charge in [0.15, 0.2) is 5.03 Å². The minimum atomic E-state index is -3.67. The van der Waals surface area contributed by atoms with Crippen LogP contribution in [0.15, 0.2) is 23.4 Å². The lowest BCUT2D eigenvalue weighted by molar-refractivity contribution is 0.0696. The molecule has 1 fully saturated rings. The number of hydrogen-bond acceptors (Lipinski definition) is 4. The maximum absolute atomic E-state index is 12.5. The first kappa shape index (κ1) is 15.9. The molecule has 0 amide bonds. The van der Waals surface area contributed by atoms with Crippen LogP contribution >= 0.6 is 0 Å². The molecule has 1 aliphatic rings. The van der Waals surface area contributed by atoms with Crippen LogP contribution in [0.5, 0.6) is 0 Å². The molecule has 7 heteroatoms. The van der Waals surface area contributed by atoms with Crippen molar-refractivity contribution in [3.63, 3.8) is 0 Å². The average Bonchev–Trinajstić information content (AvgIpc) is 2.75. The second-order valence-electron chi connectivity index (χ2n) is 5.36. The first-order chi connectivity index (χ1) is 9.93. The van der Waals surface area contributed by atoms with Crippen molar-refractivity contribution in [2.75, 3.05) is 7.05 Å². The number of rotatable bonds is 4. The smallest absolute Gasteiger partial charge is 0.337 e. The van der Waals surface area contributed by atoms with E-state index in [0.29, 0.717) is 0 Å². The van der Waals surface area contributed by atoms with E-state index in [1.807, 2.05) is 0 Å². The lowest BCUT2D eigenvalue weighted by Crippen LogP contribution is -2.37. The molecule has 1 heterocycles. The van der Waals surface area contributed by atoms with Crippen molar-refractivity contribution in [1.29, 1.82) is 0 Å². The quantitative estimate of drug-likeness (QED) is 0.860. The molecule has 0 bridgehead atoms. The fraction of sp³-hybridized carbons (Fsp3) is 0.571. The zero-order valence-electron chi connectivity index (χ0n) is 12.0. The third kappa shape index (κ3) is 3.59. The predicted octanol–water partition coefficient (Wildman–Crippen LogP) is 2.12. The third-order valence-corrected chi connectivity index (χ3v) is 5.79. The van der Waals surface area contributed by atoms with E-state index in [1.54, 1.807) is 7.05 Å². The molecule has 0 aliphatic heterocycles. The summed E-state index contributed by atoms with van der Waals surface area (Å²) < 4.78 is 26.5. The third-order valence-electron chi connectivity index (χ3n) is 3.97. The molecule has 1 saturated carbocycles. The Kier molecular flexibility index (Phi) is 4.95. The predicted molar refractivity (Wildman–Crippen MR) is 77.6 cm³/mol. The van der Waals surface area contributed by atoms with Gasteiger partial charge in [-0.15, -0.1) is 0 Å². The van der Waals surface area contributed by atoms with E-state index in [0.717, 1.165) is 44.7 Å². The molecule has 21 heavy (non-hydrogen) atoms. The molecule has 0 saturated heterocycles. The van der Waals surface area contributed by atoms with Gasteiger partial charge in [-0.2, -0.15) is 4.31 Å². The number of sulfonamides is 1. The molecular weight excluding hydrogens is 292 g/mol. The van der Waals surface area contributed by atoms with Crippen LogP contribution in [-0.4, -0.2) is 41.9 Å². The van der Waals surface area contributed by atoms with Crippen molar-refractivity contribution in [2.45, 2.75) is 49.6 Å². The summed E-state index contributed by atoms with van der Waals surface area (Å²) in [5.74, 6) is -1.12. The summed E-state index contributed by atoms with van der Waals surface area (Å²) in [4.78, 5) is 14.6. The molecule has 0 radical (unpaired) electrons. The van der Waals surface area contributed by atoms with Gasteiger partial charge in [0.2, 0.25) is 0 Å². The molecule has 0 spiro atoms. The number of hydrogen-bond donors (Lipinski definition) is 1. The summed E-state index contributed by atoms with van der Waals surface area (Å²) >= 11 is 0. The fourth-order valence-electron chi connectivity index (χ4n) is 2.62. The molecule has 2 rings (SSSR count). The Morgan fingerprint density at radius 3 is 2.33 bits per heavy atom. The number of pyridine rings is 1. The Bertz CT molecular complexity index is 590. The Morgan fingerprint density at radius 2 is 1.86 bits per heavy atom. The lowest BCUT2D eigenvalue weighted by atomic mass is 10.1. The van der Waals surface area contributed by atoms with Gasteiger partial charge >= 0.3 is 5.97 Å². The Labute approximate surface area is 124 Å². The van der Waals surface area contributed by atoms with Gasteiger partial charge in [0, 0.05) is 19.3 Å². The molecule has 0 unspecified atom stereocenters. The van der Waals surface area contributed by atoms with Gasteiger partial charge in [-0.1, -0.05) is 25.7 Å². The van der Waals surface area contributed by atoms with Crippen molar-refractivity contribution in [2.24, 2.45) is 0 Å². The van der Waals surface area contributed by atoms with Gasteiger partial charge < -0.3 is 5.11 Å². The summed E-state index contributed by atoms with van der Waals surface area (Å²) in [6, 6.07) is 2.52. The van der Waals surface area contributed by atoms with Gasteiger partial charge in [-0.3, -0.25) is 0 Å². The lowest BCUT2D eigenvalue weighted by Gasteiger charge is -2.25. The van der Waals surface area contributed by atoms with Crippen molar-refractivity contribution in [1.82, 2.24) is 9.29 Å². The van der Waals surface area contributed by atoms with Crippen LogP contribution < -0.4 is 0 Å². The summed E-state index contributed by atoms with van der Waals surface area (Å²) in [5, 5.41) is 8.73. The van der Waals surface area contributed by atoms with Crippen LogP contribution in [-0.2, 0) is 10.0 Å². The Hall–Kier alpha value is -1.47. The number of carbonyl (C=O) groups is 1. The SMILES string of the molecule is CN(C1CCCCCC1)S(=O)(=O)c1ccc(C(=O)O)cn1. The van der Waals surface area contributed by atoms with Crippen LogP contribution in [0.3, 0.4) is 0 Å². The number of nitrogens with zero attached hydrogens (tertiary/aromatic N) is 2. The minimum absolute atomic E-state index is 0.00143. The van der Waals surface area contributed by atoms with E-state index >= 15 is 0 Å². The van der Waals surface area contributed by atoms with Crippen molar-refractivity contribution < 1.29 is 18.3 Å². The van der Waals surface area contributed by atoms with Gasteiger partial charge in [0.1, 0.15) is 0 Å².